The molecule has 0 saturated carbocycles. The molecule has 0 aromatic carbocycles. The quantitative estimate of drug-likeness (QED) is 0.0246. The first-order valence-electron chi connectivity index (χ1n) is 25.9. The maximum Gasteiger partial charge on any atom is 0.306 e. The highest BCUT2D eigenvalue weighted by molar-refractivity contribution is 5.77. The van der Waals surface area contributed by atoms with Gasteiger partial charge in [-0.3, -0.25) is 9.59 Å². The van der Waals surface area contributed by atoms with E-state index < -0.39 is 18.2 Å². The molecule has 1 amide bonds. The van der Waals surface area contributed by atoms with Gasteiger partial charge in [-0.25, -0.2) is 0 Å². The second-order valence-electron chi connectivity index (χ2n) is 17.6. The monoisotopic (exact) mass is 842 g/mol. The van der Waals surface area contributed by atoms with Gasteiger partial charge in [-0.05, 0) is 70.6 Å². The Morgan fingerprint density at radius 3 is 1.38 bits per heavy atom. The lowest BCUT2D eigenvalue weighted by molar-refractivity contribution is -0.151. The molecule has 0 bridgehead atoms. The minimum atomic E-state index is -0.798. The van der Waals surface area contributed by atoms with Crippen molar-refractivity contribution < 1.29 is 24.5 Å². The molecular formula is C54H99NO5. The average Bonchev–Trinajstić information content (AvgIpc) is 3.24. The van der Waals surface area contributed by atoms with Crippen molar-refractivity contribution in [1.82, 2.24) is 5.32 Å². The van der Waals surface area contributed by atoms with Crippen LogP contribution < -0.4 is 5.32 Å². The summed E-state index contributed by atoms with van der Waals surface area (Å²) in [5.74, 6) is -0.515. The number of nitrogens with one attached hydrogen (secondary N) is 1. The van der Waals surface area contributed by atoms with Crippen molar-refractivity contribution in [3.8, 4) is 0 Å². The van der Waals surface area contributed by atoms with Crippen molar-refractivity contribution in [3.05, 3.63) is 48.6 Å². The largest absolute Gasteiger partial charge is 0.462 e. The first-order valence-corrected chi connectivity index (χ1v) is 25.9. The van der Waals surface area contributed by atoms with Crippen LogP contribution >= 0.6 is 0 Å². The number of aliphatic hydroxyl groups is 2. The average molecular weight is 842 g/mol. The number of rotatable bonds is 46. The fourth-order valence-electron chi connectivity index (χ4n) is 7.71. The van der Waals surface area contributed by atoms with E-state index in [9.17, 15) is 19.8 Å². The number of carbonyl (C=O) groups is 2. The van der Waals surface area contributed by atoms with E-state index in [1.54, 1.807) is 0 Å². The van der Waals surface area contributed by atoms with Gasteiger partial charge in [0.05, 0.1) is 25.2 Å². The number of hydrogen-bond acceptors (Lipinski definition) is 5. The molecule has 6 nitrogen and oxygen atoms in total. The molecule has 350 valence electrons. The van der Waals surface area contributed by atoms with E-state index in [-0.39, 0.29) is 24.9 Å². The van der Waals surface area contributed by atoms with Gasteiger partial charge in [0.2, 0.25) is 5.91 Å². The molecule has 3 unspecified atom stereocenters. The molecule has 60 heavy (non-hydrogen) atoms. The number of carbonyl (C=O) groups excluding carboxylic acids is 2. The van der Waals surface area contributed by atoms with Crippen LogP contribution in [0.1, 0.15) is 258 Å². The van der Waals surface area contributed by atoms with Gasteiger partial charge in [-0.1, -0.05) is 223 Å². The highest BCUT2D eigenvalue weighted by Crippen LogP contribution is 2.17. The third kappa shape index (κ3) is 42.5. The Hall–Kier alpha value is -2.18. The molecule has 0 saturated heterocycles. The van der Waals surface area contributed by atoms with Crippen LogP contribution in [0.25, 0.3) is 0 Å². The predicted octanol–water partition coefficient (Wildman–Crippen LogP) is 15.5. The fourth-order valence-corrected chi connectivity index (χ4v) is 7.71. The summed E-state index contributed by atoms with van der Waals surface area (Å²) >= 11 is 0. The molecule has 0 aromatic heterocycles. The number of esters is 1. The maximum atomic E-state index is 13.2. The van der Waals surface area contributed by atoms with Crippen molar-refractivity contribution in [1.29, 1.82) is 0 Å². The zero-order valence-electron chi connectivity index (χ0n) is 39.8. The lowest BCUT2D eigenvalue weighted by atomic mass is 10.0. The Morgan fingerprint density at radius 2 is 0.883 bits per heavy atom. The Morgan fingerprint density at radius 1 is 0.483 bits per heavy atom. The molecule has 0 aliphatic heterocycles. The van der Waals surface area contributed by atoms with Gasteiger partial charge in [0, 0.05) is 6.42 Å². The summed E-state index contributed by atoms with van der Waals surface area (Å²) < 4.78 is 5.91. The standard InChI is InChI=1S/C54H99NO5/c1-4-7-10-13-16-19-22-24-26-27-28-31-33-36-39-42-45-50(60-54(59)47-44-41-38-35-30-21-18-15-12-9-6-3)48-53(58)55-51(49-56)52(57)46-43-40-37-34-32-29-25-23-20-17-14-11-8-5-2/h15,18,22,24,26-28,31,50-52,56-57H,4-14,16-17,19-21,23,25,29-30,32-49H2,1-3H3,(H,55,58)/b18-15-,24-22+,27-26+,31-28+. The summed E-state index contributed by atoms with van der Waals surface area (Å²) in [6.07, 6.45) is 57.4. The predicted molar refractivity (Wildman–Crippen MR) is 259 cm³/mol. The van der Waals surface area contributed by atoms with Gasteiger partial charge in [0.15, 0.2) is 0 Å². The van der Waals surface area contributed by atoms with E-state index in [1.807, 2.05) is 0 Å². The summed E-state index contributed by atoms with van der Waals surface area (Å²) in [7, 11) is 0. The zero-order chi connectivity index (χ0) is 43.8. The van der Waals surface area contributed by atoms with Gasteiger partial charge >= 0.3 is 5.97 Å². The second-order valence-corrected chi connectivity index (χ2v) is 17.6. The second kappa shape index (κ2) is 47.9. The highest BCUT2D eigenvalue weighted by atomic mass is 16.5. The molecule has 3 N–H and O–H groups in total. The third-order valence-electron chi connectivity index (χ3n) is 11.7. The van der Waals surface area contributed by atoms with Crippen molar-refractivity contribution in [2.75, 3.05) is 6.61 Å². The number of aliphatic hydroxyl groups excluding tert-OH is 2. The van der Waals surface area contributed by atoms with Crippen LogP contribution in [0.5, 0.6) is 0 Å². The first-order chi connectivity index (χ1) is 29.5. The highest BCUT2D eigenvalue weighted by Gasteiger charge is 2.24. The number of ether oxygens (including phenoxy) is 1. The summed E-state index contributed by atoms with van der Waals surface area (Å²) in [5, 5.41) is 23.8. The maximum absolute atomic E-state index is 13.2. The van der Waals surface area contributed by atoms with Crippen LogP contribution in [0.2, 0.25) is 0 Å². The third-order valence-corrected chi connectivity index (χ3v) is 11.7. The number of hydrogen-bond donors (Lipinski definition) is 3. The van der Waals surface area contributed by atoms with E-state index in [1.165, 1.54) is 135 Å². The smallest absolute Gasteiger partial charge is 0.306 e. The summed E-state index contributed by atoms with van der Waals surface area (Å²) in [6.45, 7) is 6.42. The van der Waals surface area contributed by atoms with Gasteiger partial charge in [0.25, 0.3) is 0 Å². The lowest BCUT2D eigenvalue weighted by Gasteiger charge is -2.24. The Kier molecular flexibility index (Phi) is 46.1. The van der Waals surface area contributed by atoms with Crippen LogP contribution in [0.3, 0.4) is 0 Å². The Bertz CT molecular complexity index is 1040. The molecule has 3 atom stereocenters. The molecule has 0 aliphatic rings. The Labute approximate surface area is 372 Å². The van der Waals surface area contributed by atoms with E-state index in [2.05, 4.69) is 74.7 Å². The summed E-state index contributed by atoms with van der Waals surface area (Å²) in [5.41, 5.74) is 0. The lowest BCUT2D eigenvalue weighted by Crippen LogP contribution is -2.46. The van der Waals surface area contributed by atoms with E-state index >= 15 is 0 Å². The van der Waals surface area contributed by atoms with Gasteiger partial charge < -0.3 is 20.3 Å². The van der Waals surface area contributed by atoms with Crippen LogP contribution in [-0.4, -0.2) is 46.9 Å². The molecule has 0 spiro atoms. The summed E-state index contributed by atoms with van der Waals surface area (Å²) in [4.78, 5) is 26.1. The van der Waals surface area contributed by atoms with Crippen molar-refractivity contribution in [3.63, 3.8) is 0 Å². The van der Waals surface area contributed by atoms with Crippen LogP contribution in [-0.2, 0) is 14.3 Å². The van der Waals surface area contributed by atoms with E-state index in [4.69, 9.17) is 4.74 Å². The number of allylic oxidation sites excluding steroid dienone is 8. The van der Waals surface area contributed by atoms with E-state index in [0.29, 0.717) is 19.3 Å². The molecule has 0 heterocycles. The van der Waals surface area contributed by atoms with E-state index in [0.717, 1.165) is 77.0 Å². The van der Waals surface area contributed by atoms with Gasteiger partial charge in [0.1, 0.15) is 6.10 Å². The van der Waals surface area contributed by atoms with Crippen molar-refractivity contribution >= 4 is 11.9 Å². The SMILES string of the molecule is CCCC/C=C\CCCCCCCC(=O)OC(CCCCC/C=C/C=C/C=C/CCCCCCC)CC(=O)NC(CO)C(O)CCCCCCCCCCCCCCCC. The van der Waals surface area contributed by atoms with Gasteiger partial charge in [-0.2, -0.15) is 0 Å². The topological polar surface area (TPSA) is 95.9 Å². The first kappa shape index (κ1) is 57.8. The normalized spacial score (nSPS) is 13.6. The molecule has 0 rings (SSSR count). The molecule has 0 aliphatic carbocycles. The van der Waals surface area contributed by atoms with Crippen LogP contribution in [0.15, 0.2) is 48.6 Å². The molecule has 0 radical (unpaired) electrons. The van der Waals surface area contributed by atoms with Crippen molar-refractivity contribution in [2.24, 2.45) is 0 Å². The van der Waals surface area contributed by atoms with Gasteiger partial charge in [-0.15, -0.1) is 0 Å². The molecular weight excluding hydrogens is 743 g/mol. The number of unbranched alkanes of at least 4 members (excludes halogenated alkanes) is 28. The summed E-state index contributed by atoms with van der Waals surface area (Å²) in [6, 6.07) is -0.713. The minimum Gasteiger partial charge on any atom is -0.462 e. The van der Waals surface area contributed by atoms with Crippen LogP contribution in [0.4, 0.5) is 0 Å². The fraction of sp³-hybridized carbons (Fsp3) is 0.815. The zero-order valence-corrected chi connectivity index (χ0v) is 39.8. The molecule has 0 aromatic rings. The molecule has 0 fully saturated rings. The Balaban J connectivity index is 4.64. The molecule has 6 heteroatoms. The number of amides is 1. The van der Waals surface area contributed by atoms with Crippen molar-refractivity contribution in [2.45, 2.75) is 277 Å². The van der Waals surface area contributed by atoms with Crippen LogP contribution in [0, 0.1) is 0 Å². The minimum absolute atomic E-state index is 0.0521.